The summed E-state index contributed by atoms with van der Waals surface area (Å²) in [4.78, 5) is 11.8. The molecular weight excluding hydrogens is 264 g/mol. The molecule has 0 radical (unpaired) electrons. The molecule has 3 nitrogen and oxygen atoms in total. The lowest BCUT2D eigenvalue weighted by Gasteiger charge is -2.58. The normalized spacial score (nSPS) is 56.5. The van der Waals surface area contributed by atoms with Crippen molar-refractivity contribution in [1.29, 1.82) is 0 Å². The van der Waals surface area contributed by atoms with Crippen molar-refractivity contribution in [3.05, 3.63) is 0 Å². The van der Waals surface area contributed by atoms with Crippen molar-refractivity contribution >= 4 is 5.78 Å². The standard InChI is InChI=1S/C18H28O3/c1-17-8-7-15-13(14(17)4-5-16(17)20)3-2-11-10-12(19)6-9-18(11,15)21/h11,13-16,20-21H,2-10H2,1H3/t11?,13-,14-,15-,16-,17-,18+/m0/s1. The molecule has 4 rings (SSSR count). The molecule has 4 aliphatic rings. The van der Waals surface area contributed by atoms with Crippen LogP contribution in [0.5, 0.6) is 0 Å². The second-order valence-corrected chi connectivity index (χ2v) is 8.52. The van der Waals surface area contributed by atoms with Crippen LogP contribution >= 0.6 is 0 Å². The summed E-state index contributed by atoms with van der Waals surface area (Å²) in [6.07, 6.45) is 8.00. The van der Waals surface area contributed by atoms with E-state index in [1.165, 1.54) is 0 Å². The molecule has 118 valence electrons. The van der Waals surface area contributed by atoms with Gasteiger partial charge in [-0.3, -0.25) is 4.79 Å². The monoisotopic (exact) mass is 292 g/mol. The Hall–Kier alpha value is -0.410. The fourth-order valence-electron chi connectivity index (χ4n) is 6.61. The number of hydrogen-bond donors (Lipinski definition) is 2. The van der Waals surface area contributed by atoms with Crippen molar-refractivity contribution in [3.63, 3.8) is 0 Å². The van der Waals surface area contributed by atoms with Crippen LogP contribution in [0.4, 0.5) is 0 Å². The molecule has 3 heteroatoms. The zero-order valence-corrected chi connectivity index (χ0v) is 13.1. The van der Waals surface area contributed by atoms with Crippen molar-refractivity contribution in [3.8, 4) is 0 Å². The Bertz CT molecular complexity index is 461. The summed E-state index contributed by atoms with van der Waals surface area (Å²) >= 11 is 0. The van der Waals surface area contributed by atoms with E-state index < -0.39 is 5.60 Å². The average Bonchev–Trinajstić information content (AvgIpc) is 2.76. The zero-order chi connectivity index (χ0) is 14.8. The first-order chi connectivity index (χ1) is 9.95. The molecular formula is C18H28O3. The summed E-state index contributed by atoms with van der Waals surface area (Å²) in [5.74, 6) is 2.06. The van der Waals surface area contributed by atoms with Gasteiger partial charge in [-0.05, 0) is 74.0 Å². The Balaban J connectivity index is 1.64. The van der Waals surface area contributed by atoms with Gasteiger partial charge in [0.05, 0.1) is 11.7 Å². The first-order valence-electron chi connectivity index (χ1n) is 8.87. The van der Waals surface area contributed by atoms with Gasteiger partial charge >= 0.3 is 0 Å². The number of aliphatic hydroxyl groups is 2. The van der Waals surface area contributed by atoms with Crippen molar-refractivity contribution in [1.82, 2.24) is 0 Å². The van der Waals surface area contributed by atoms with E-state index in [0.717, 1.165) is 38.5 Å². The van der Waals surface area contributed by atoms with E-state index in [4.69, 9.17) is 0 Å². The largest absolute Gasteiger partial charge is 0.393 e. The minimum atomic E-state index is -0.592. The molecule has 4 saturated carbocycles. The van der Waals surface area contributed by atoms with E-state index in [1.54, 1.807) is 0 Å². The fourth-order valence-corrected chi connectivity index (χ4v) is 6.61. The highest BCUT2D eigenvalue weighted by Crippen LogP contribution is 2.63. The van der Waals surface area contributed by atoms with E-state index in [9.17, 15) is 15.0 Å². The van der Waals surface area contributed by atoms with Crippen LogP contribution in [-0.2, 0) is 4.79 Å². The quantitative estimate of drug-likeness (QED) is 0.721. The Morgan fingerprint density at radius 2 is 1.86 bits per heavy atom. The fraction of sp³-hybridized carbons (Fsp3) is 0.944. The maximum absolute atomic E-state index is 11.8. The number of fused-ring (bicyclic) bond motifs is 5. The predicted molar refractivity (Wildman–Crippen MR) is 79.6 cm³/mol. The smallest absolute Gasteiger partial charge is 0.133 e. The van der Waals surface area contributed by atoms with Crippen LogP contribution in [-0.4, -0.2) is 27.7 Å². The zero-order valence-electron chi connectivity index (χ0n) is 13.1. The molecule has 4 fully saturated rings. The van der Waals surface area contributed by atoms with Gasteiger partial charge < -0.3 is 10.2 Å². The van der Waals surface area contributed by atoms with E-state index >= 15 is 0 Å². The maximum atomic E-state index is 11.8. The topological polar surface area (TPSA) is 57.5 Å². The molecule has 21 heavy (non-hydrogen) atoms. The highest BCUT2D eigenvalue weighted by molar-refractivity contribution is 5.79. The van der Waals surface area contributed by atoms with Crippen LogP contribution in [0.2, 0.25) is 0 Å². The first kappa shape index (κ1) is 14.2. The van der Waals surface area contributed by atoms with E-state index in [2.05, 4.69) is 6.92 Å². The molecule has 0 spiro atoms. The minimum absolute atomic E-state index is 0.0782. The summed E-state index contributed by atoms with van der Waals surface area (Å²) in [5.41, 5.74) is -0.513. The van der Waals surface area contributed by atoms with Gasteiger partial charge in [0.15, 0.2) is 0 Å². The summed E-state index contributed by atoms with van der Waals surface area (Å²) in [5, 5.41) is 21.8. The van der Waals surface area contributed by atoms with Gasteiger partial charge in [0.25, 0.3) is 0 Å². The minimum Gasteiger partial charge on any atom is -0.393 e. The van der Waals surface area contributed by atoms with Gasteiger partial charge in [-0.25, -0.2) is 0 Å². The molecule has 0 saturated heterocycles. The number of carbonyl (C=O) groups excluding carboxylic acids is 1. The summed E-state index contributed by atoms with van der Waals surface area (Å²) < 4.78 is 0. The van der Waals surface area contributed by atoms with Crippen LogP contribution in [0.25, 0.3) is 0 Å². The molecule has 0 aliphatic heterocycles. The van der Waals surface area contributed by atoms with Crippen molar-refractivity contribution < 1.29 is 15.0 Å². The molecule has 0 aromatic rings. The lowest BCUT2D eigenvalue weighted by Crippen LogP contribution is -2.59. The number of carbonyl (C=O) groups is 1. The third-order valence-corrected chi connectivity index (χ3v) is 7.86. The summed E-state index contributed by atoms with van der Waals surface area (Å²) in [6.45, 7) is 2.27. The van der Waals surface area contributed by atoms with Crippen LogP contribution in [0, 0.1) is 29.1 Å². The molecule has 0 bridgehead atoms. The Morgan fingerprint density at radius 3 is 2.67 bits per heavy atom. The van der Waals surface area contributed by atoms with Crippen molar-refractivity contribution in [2.45, 2.75) is 76.4 Å². The van der Waals surface area contributed by atoms with Crippen molar-refractivity contribution in [2.75, 3.05) is 0 Å². The lowest BCUT2D eigenvalue weighted by molar-refractivity contribution is -0.182. The number of aliphatic hydroxyl groups excluding tert-OH is 1. The van der Waals surface area contributed by atoms with E-state index in [0.29, 0.717) is 42.8 Å². The second kappa shape index (κ2) is 4.55. The maximum Gasteiger partial charge on any atom is 0.133 e. The predicted octanol–water partition coefficient (Wildman–Crippen LogP) is 2.68. The first-order valence-corrected chi connectivity index (χ1v) is 8.87. The van der Waals surface area contributed by atoms with Gasteiger partial charge in [0, 0.05) is 12.8 Å². The third-order valence-electron chi connectivity index (χ3n) is 7.86. The molecule has 0 aromatic carbocycles. The Kier molecular flexibility index (Phi) is 3.07. The van der Waals surface area contributed by atoms with Gasteiger partial charge in [0.1, 0.15) is 5.78 Å². The average molecular weight is 292 g/mol. The van der Waals surface area contributed by atoms with Gasteiger partial charge in [-0.15, -0.1) is 0 Å². The van der Waals surface area contributed by atoms with Gasteiger partial charge in [-0.1, -0.05) is 6.92 Å². The van der Waals surface area contributed by atoms with Gasteiger partial charge in [0.2, 0.25) is 0 Å². The molecule has 7 atom stereocenters. The molecule has 4 aliphatic carbocycles. The lowest BCUT2D eigenvalue weighted by atomic mass is 9.49. The highest BCUT2D eigenvalue weighted by atomic mass is 16.3. The number of ketones is 1. The van der Waals surface area contributed by atoms with Crippen LogP contribution in [0.1, 0.15) is 64.7 Å². The number of hydrogen-bond acceptors (Lipinski definition) is 3. The van der Waals surface area contributed by atoms with Crippen LogP contribution < -0.4 is 0 Å². The molecule has 0 heterocycles. The number of rotatable bonds is 0. The third kappa shape index (κ3) is 1.83. The van der Waals surface area contributed by atoms with Gasteiger partial charge in [-0.2, -0.15) is 0 Å². The summed E-state index contributed by atoms with van der Waals surface area (Å²) in [6, 6.07) is 0. The molecule has 2 N–H and O–H groups in total. The van der Waals surface area contributed by atoms with E-state index in [-0.39, 0.29) is 17.4 Å². The number of Topliss-reactive ketones (excluding diaryl/α,β-unsaturated/α-hetero) is 1. The van der Waals surface area contributed by atoms with Crippen LogP contribution in [0.3, 0.4) is 0 Å². The van der Waals surface area contributed by atoms with E-state index in [1.807, 2.05) is 0 Å². The Morgan fingerprint density at radius 1 is 1.05 bits per heavy atom. The second-order valence-electron chi connectivity index (χ2n) is 8.52. The SMILES string of the molecule is C[C@]12CC[C@H]3[C@@H](CCC4CC(=O)CC[C@@]43O)[C@@H]1CC[C@@H]2O. The summed E-state index contributed by atoms with van der Waals surface area (Å²) in [7, 11) is 0. The Labute approximate surface area is 127 Å². The molecule has 0 amide bonds. The highest BCUT2D eigenvalue weighted by Gasteiger charge is 2.61. The van der Waals surface area contributed by atoms with Crippen molar-refractivity contribution in [2.24, 2.45) is 29.1 Å². The molecule has 0 aromatic heterocycles. The molecule has 1 unspecified atom stereocenters. The van der Waals surface area contributed by atoms with Crippen LogP contribution in [0.15, 0.2) is 0 Å².